The van der Waals surface area contributed by atoms with E-state index in [-0.39, 0.29) is 11.8 Å². The Hall–Kier alpha value is -2.14. The van der Waals surface area contributed by atoms with E-state index in [1.807, 2.05) is 49.4 Å². The molecule has 5 heteroatoms. The number of benzene rings is 2. The van der Waals surface area contributed by atoms with Crippen molar-refractivity contribution < 1.29 is 9.59 Å². The summed E-state index contributed by atoms with van der Waals surface area (Å²) in [4.78, 5) is 25.8. The zero-order valence-corrected chi connectivity index (χ0v) is 15.1. The molecule has 0 saturated carbocycles. The molecule has 1 saturated heterocycles. The second-order valence-corrected chi connectivity index (χ2v) is 6.88. The van der Waals surface area contributed by atoms with Gasteiger partial charge in [-0.3, -0.25) is 9.59 Å². The first-order valence-corrected chi connectivity index (χ1v) is 8.77. The van der Waals surface area contributed by atoms with Crippen LogP contribution < -0.4 is 10.2 Å². The first kappa shape index (κ1) is 16.7. The lowest BCUT2D eigenvalue weighted by Gasteiger charge is -2.16. The zero-order valence-electron chi connectivity index (χ0n) is 13.5. The van der Waals surface area contributed by atoms with Gasteiger partial charge < -0.3 is 10.2 Å². The van der Waals surface area contributed by atoms with Crippen molar-refractivity contribution in [2.75, 3.05) is 16.8 Å². The largest absolute Gasteiger partial charge is 0.325 e. The molecular weight excluding hydrogens is 368 g/mol. The quantitative estimate of drug-likeness (QED) is 0.860. The van der Waals surface area contributed by atoms with E-state index in [4.69, 9.17) is 0 Å². The molecule has 0 atom stereocenters. The lowest BCUT2D eigenvalue weighted by Crippen LogP contribution is -2.23. The van der Waals surface area contributed by atoms with Gasteiger partial charge in [0.25, 0.3) is 0 Å². The van der Waals surface area contributed by atoms with Crippen molar-refractivity contribution >= 4 is 39.1 Å². The van der Waals surface area contributed by atoms with Gasteiger partial charge in [-0.1, -0.05) is 18.2 Å². The Morgan fingerprint density at radius 1 is 1.21 bits per heavy atom. The van der Waals surface area contributed by atoms with Crippen LogP contribution in [0.1, 0.15) is 24.0 Å². The van der Waals surface area contributed by atoms with E-state index in [0.29, 0.717) is 12.8 Å². The number of aryl methyl sites for hydroxylation is 1. The lowest BCUT2D eigenvalue weighted by molar-refractivity contribution is -0.117. The van der Waals surface area contributed by atoms with Crippen LogP contribution in [0.3, 0.4) is 0 Å². The van der Waals surface area contributed by atoms with Crippen molar-refractivity contribution in [1.82, 2.24) is 0 Å². The maximum absolute atomic E-state index is 12.2. The van der Waals surface area contributed by atoms with Gasteiger partial charge in [0.05, 0.1) is 12.1 Å². The van der Waals surface area contributed by atoms with Crippen LogP contribution >= 0.6 is 15.9 Å². The van der Waals surface area contributed by atoms with E-state index >= 15 is 0 Å². The Balaban J connectivity index is 1.63. The van der Waals surface area contributed by atoms with Crippen LogP contribution in [0.2, 0.25) is 0 Å². The average Bonchev–Trinajstić information content (AvgIpc) is 2.97. The number of anilines is 2. The fourth-order valence-corrected chi connectivity index (χ4v) is 3.41. The molecule has 124 valence electrons. The normalized spacial score (nSPS) is 14.1. The molecule has 1 aliphatic rings. The maximum Gasteiger partial charge on any atom is 0.228 e. The number of hydrogen-bond donors (Lipinski definition) is 1. The molecule has 0 spiro atoms. The standard InChI is InChI=1S/C19H19BrN2O2/c1-13-4-9-17(16(20)11-13)21-18(23)12-14-5-7-15(8-6-14)22-10-2-3-19(22)24/h4-9,11H,2-3,10,12H2,1H3,(H,21,23). The van der Waals surface area contributed by atoms with Crippen molar-refractivity contribution in [2.24, 2.45) is 0 Å². The fourth-order valence-electron chi connectivity index (χ4n) is 2.82. The summed E-state index contributed by atoms with van der Waals surface area (Å²) >= 11 is 3.46. The van der Waals surface area contributed by atoms with Crippen molar-refractivity contribution in [1.29, 1.82) is 0 Å². The topological polar surface area (TPSA) is 49.4 Å². The number of nitrogens with one attached hydrogen (secondary N) is 1. The predicted molar refractivity (Wildman–Crippen MR) is 99.2 cm³/mol. The summed E-state index contributed by atoms with van der Waals surface area (Å²) in [6.45, 7) is 2.78. The molecule has 0 aliphatic carbocycles. The second kappa shape index (κ2) is 7.18. The third-order valence-electron chi connectivity index (χ3n) is 4.08. The Morgan fingerprint density at radius 2 is 1.96 bits per heavy atom. The third kappa shape index (κ3) is 3.85. The smallest absolute Gasteiger partial charge is 0.228 e. The zero-order chi connectivity index (χ0) is 17.1. The maximum atomic E-state index is 12.2. The van der Waals surface area contributed by atoms with Crippen LogP contribution in [0.25, 0.3) is 0 Å². The summed E-state index contributed by atoms with van der Waals surface area (Å²) < 4.78 is 0.874. The summed E-state index contributed by atoms with van der Waals surface area (Å²) in [6, 6.07) is 13.5. The second-order valence-electron chi connectivity index (χ2n) is 6.02. The van der Waals surface area contributed by atoms with E-state index in [9.17, 15) is 9.59 Å². The number of nitrogens with zero attached hydrogens (tertiary/aromatic N) is 1. The van der Waals surface area contributed by atoms with E-state index in [2.05, 4.69) is 21.2 Å². The molecule has 24 heavy (non-hydrogen) atoms. The Kier molecular flexibility index (Phi) is 5.00. The molecule has 2 amide bonds. The van der Waals surface area contributed by atoms with Crippen LogP contribution in [0, 0.1) is 6.92 Å². The van der Waals surface area contributed by atoms with E-state index < -0.39 is 0 Å². The van der Waals surface area contributed by atoms with Crippen molar-refractivity contribution in [3.63, 3.8) is 0 Å². The summed E-state index contributed by atoms with van der Waals surface area (Å²) in [5.74, 6) is 0.106. The van der Waals surface area contributed by atoms with E-state index in [1.165, 1.54) is 0 Å². The highest BCUT2D eigenvalue weighted by Gasteiger charge is 2.21. The first-order chi connectivity index (χ1) is 11.5. The molecule has 0 unspecified atom stereocenters. The van der Waals surface area contributed by atoms with Gasteiger partial charge in [-0.05, 0) is 64.7 Å². The molecule has 1 N–H and O–H groups in total. The first-order valence-electron chi connectivity index (χ1n) is 7.98. The van der Waals surface area contributed by atoms with Gasteiger partial charge in [0.2, 0.25) is 11.8 Å². The minimum atomic E-state index is -0.0652. The minimum Gasteiger partial charge on any atom is -0.325 e. The van der Waals surface area contributed by atoms with Crippen LogP contribution in [-0.2, 0) is 16.0 Å². The average molecular weight is 387 g/mol. The highest BCUT2D eigenvalue weighted by molar-refractivity contribution is 9.10. The summed E-state index contributed by atoms with van der Waals surface area (Å²) in [5, 5.41) is 2.91. The van der Waals surface area contributed by atoms with Gasteiger partial charge in [0, 0.05) is 23.1 Å². The molecule has 4 nitrogen and oxygen atoms in total. The lowest BCUT2D eigenvalue weighted by atomic mass is 10.1. The van der Waals surface area contributed by atoms with Crippen molar-refractivity contribution in [2.45, 2.75) is 26.2 Å². The van der Waals surface area contributed by atoms with Gasteiger partial charge in [0.1, 0.15) is 0 Å². The molecule has 2 aromatic rings. The number of carbonyl (C=O) groups is 2. The molecule has 0 bridgehead atoms. The minimum absolute atomic E-state index is 0.0652. The predicted octanol–water partition coefficient (Wildman–Crippen LogP) is 4.07. The number of hydrogen-bond acceptors (Lipinski definition) is 2. The molecular formula is C19H19BrN2O2. The van der Waals surface area contributed by atoms with Crippen molar-refractivity contribution in [3.8, 4) is 0 Å². The van der Waals surface area contributed by atoms with Gasteiger partial charge in [-0.2, -0.15) is 0 Å². The van der Waals surface area contributed by atoms with E-state index in [0.717, 1.165) is 39.9 Å². The number of halogens is 1. The highest BCUT2D eigenvalue weighted by atomic mass is 79.9. The molecule has 2 aromatic carbocycles. The SMILES string of the molecule is Cc1ccc(NC(=O)Cc2ccc(N3CCCC3=O)cc2)c(Br)c1. The Labute approximate surface area is 150 Å². The molecule has 0 radical (unpaired) electrons. The van der Waals surface area contributed by atoms with Crippen LogP contribution in [0.5, 0.6) is 0 Å². The van der Waals surface area contributed by atoms with Gasteiger partial charge in [0.15, 0.2) is 0 Å². The monoisotopic (exact) mass is 386 g/mol. The van der Waals surface area contributed by atoms with Gasteiger partial charge in [-0.15, -0.1) is 0 Å². The summed E-state index contributed by atoms with van der Waals surface area (Å²) in [7, 11) is 0. The molecule has 3 rings (SSSR count). The van der Waals surface area contributed by atoms with Crippen LogP contribution in [0.15, 0.2) is 46.9 Å². The molecule has 0 aromatic heterocycles. The highest BCUT2D eigenvalue weighted by Crippen LogP contribution is 2.24. The Morgan fingerprint density at radius 3 is 2.58 bits per heavy atom. The summed E-state index contributed by atoms with van der Waals surface area (Å²) in [6.07, 6.45) is 1.83. The molecule has 1 fully saturated rings. The Bertz CT molecular complexity index is 771. The van der Waals surface area contributed by atoms with Crippen LogP contribution in [-0.4, -0.2) is 18.4 Å². The van der Waals surface area contributed by atoms with E-state index in [1.54, 1.807) is 4.90 Å². The number of amides is 2. The number of rotatable bonds is 4. The van der Waals surface area contributed by atoms with Crippen LogP contribution in [0.4, 0.5) is 11.4 Å². The van der Waals surface area contributed by atoms with Gasteiger partial charge >= 0.3 is 0 Å². The summed E-state index contributed by atoms with van der Waals surface area (Å²) in [5.41, 5.74) is 3.73. The van der Waals surface area contributed by atoms with Gasteiger partial charge in [-0.25, -0.2) is 0 Å². The molecule has 1 heterocycles. The third-order valence-corrected chi connectivity index (χ3v) is 4.74. The van der Waals surface area contributed by atoms with Crippen molar-refractivity contribution in [3.05, 3.63) is 58.1 Å². The fraction of sp³-hybridized carbons (Fsp3) is 0.263. The number of carbonyl (C=O) groups excluding carboxylic acids is 2. The molecule has 1 aliphatic heterocycles.